The number of carbonyl (C=O) groups is 1. The van der Waals surface area contributed by atoms with Gasteiger partial charge in [-0.2, -0.15) is 0 Å². The Morgan fingerprint density at radius 3 is 2.60 bits per heavy atom. The van der Waals surface area contributed by atoms with E-state index in [-0.39, 0.29) is 11.7 Å². The second-order valence-electron chi connectivity index (χ2n) is 5.71. The summed E-state index contributed by atoms with van der Waals surface area (Å²) in [7, 11) is -1.36. The summed E-state index contributed by atoms with van der Waals surface area (Å²) in [5.41, 5.74) is 3.01. The number of aromatic nitrogens is 2. The second-order valence-corrected chi connectivity index (χ2v) is 8.50. The van der Waals surface area contributed by atoms with Gasteiger partial charge in [0.2, 0.25) is 5.91 Å². The minimum absolute atomic E-state index is 0.210. The maximum Gasteiger partial charge on any atom is 0.235 e. The van der Waals surface area contributed by atoms with Gasteiger partial charge in [0.15, 0.2) is 0 Å². The molecule has 130 valence electrons. The predicted molar refractivity (Wildman–Crippen MR) is 102 cm³/mol. The van der Waals surface area contributed by atoms with E-state index in [0.29, 0.717) is 12.2 Å². The molecule has 25 heavy (non-hydrogen) atoms. The maximum absolute atomic E-state index is 12.6. The minimum Gasteiger partial charge on any atom is -0.350 e. The number of fused-ring (bicyclic) bond motifs is 1. The minimum atomic E-state index is -1.36. The molecule has 0 saturated heterocycles. The van der Waals surface area contributed by atoms with Crippen molar-refractivity contribution in [2.45, 2.75) is 31.4 Å². The van der Waals surface area contributed by atoms with E-state index in [2.05, 4.69) is 15.3 Å². The normalized spacial score (nSPS) is 13.5. The van der Waals surface area contributed by atoms with Gasteiger partial charge < -0.3 is 5.32 Å². The lowest BCUT2D eigenvalue weighted by atomic mass is 10.2. The lowest BCUT2D eigenvalue weighted by molar-refractivity contribution is -0.120. The van der Waals surface area contributed by atoms with Gasteiger partial charge in [-0.05, 0) is 37.4 Å². The van der Waals surface area contributed by atoms with Gasteiger partial charge in [-0.3, -0.25) is 9.00 Å². The van der Waals surface area contributed by atoms with Crippen molar-refractivity contribution in [1.29, 1.82) is 0 Å². The number of carbonyl (C=O) groups excluding carboxylic acids is 1. The van der Waals surface area contributed by atoms with Gasteiger partial charge >= 0.3 is 0 Å². The van der Waals surface area contributed by atoms with Crippen LogP contribution in [0.25, 0.3) is 11.0 Å². The number of benzene rings is 1. The average Bonchev–Trinajstić information content (AvgIpc) is 3.13. The Morgan fingerprint density at radius 2 is 1.92 bits per heavy atom. The third-order valence-electron chi connectivity index (χ3n) is 3.90. The van der Waals surface area contributed by atoms with Gasteiger partial charge in [-0.15, -0.1) is 11.3 Å². The van der Waals surface area contributed by atoms with Crippen molar-refractivity contribution >= 4 is 39.1 Å². The molecule has 3 rings (SSSR count). The molecule has 1 aromatic carbocycles. The van der Waals surface area contributed by atoms with Gasteiger partial charge in [0.25, 0.3) is 0 Å². The second kappa shape index (κ2) is 7.84. The van der Waals surface area contributed by atoms with E-state index in [9.17, 15) is 9.00 Å². The Kier molecular flexibility index (Phi) is 5.55. The first-order valence-electron chi connectivity index (χ1n) is 7.94. The van der Waals surface area contributed by atoms with Crippen molar-refractivity contribution in [3.63, 3.8) is 0 Å². The first kappa shape index (κ1) is 17.7. The van der Waals surface area contributed by atoms with E-state index < -0.39 is 16.0 Å². The molecule has 1 amide bonds. The van der Waals surface area contributed by atoms with Crippen LogP contribution in [0.1, 0.15) is 23.2 Å². The van der Waals surface area contributed by atoms with Gasteiger partial charge in [-0.25, -0.2) is 9.97 Å². The van der Waals surface area contributed by atoms with Gasteiger partial charge in [-0.1, -0.05) is 18.2 Å². The van der Waals surface area contributed by atoms with Crippen LogP contribution in [0, 0.1) is 6.92 Å². The molecule has 0 aliphatic carbocycles. The van der Waals surface area contributed by atoms with Crippen molar-refractivity contribution in [1.82, 2.24) is 15.3 Å². The SMILES string of the molecule is Cc1nc2ccccc2nc1CS(=O)C(C)C(=O)NCc1cccs1. The van der Waals surface area contributed by atoms with Crippen LogP contribution in [0.4, 0.5) is 0 Å². The van der Waals surface area contributed by atoms with Gasteiger partial charge in [0, 0.05) is 15.7 Å². The lowest BCUT2D eigenvalue weighted by Crippen LogP contribution is -2.35. The molecule has 2 atom stereocenters. The number of hydrogen-bond acceptors (Lipinski definition) is 5. The zero-order valence-electron chi connectivity index (χ0n) is 14.1. The highest BCUT2D eigenvalue weighted by atomic mass is 32.2. The fourth-order valence-electron chi connectivity index (χ4n) is 2.37. The standard InChI is InChI=1S/C18H19N3O2S2/c1-12-17(21-16-8-4-3-7-15(16)20-12)11-25(23)13(2)18(22)19-10-14-6-5-9-24-14/h3-9,13H,10-11H2,1-2H3,(H,19,22). The summed E-state index contributed by atoms with van der Waals surface area (Å²) in [6.45, 7) is 4.00. The Labute approximate surface area is 153 Å². The van der Waals surface area contributed by atoms with E-state index in [1.54, 1.807) is 18.3 Å². The first-order valence-corrected chi connectivity index (χ1v) is 10.2. The largest absolute Gasteiger partial charge is 0.350 e. The zero-order chi connectivity index (χ0) is 17.8. The van der Waals surface area contributed by atoms with E-state index in [0.717, 1.165) is 21.6 Å². The molecule has 1 N–H and O–H groups in total. The van der Waals surface area contributed by atoms with E-state index >= 15 is 0 Å². The number of hydrogen-bond donors (Lipinski definition) is 1. The number of nitrogens with one attached hydrogen (secondary N) is 1. The van der Waals surface area contributed by atoms with Crippen LogP contribution in [-0.4, -0.2) is 25.3 Å². The highest BCUT2D eigenvalue weighted by molar-refractivity contribution is 7.85. The summed E-state index contributed by atoms with van der Waals surface area (Å²) >= 11 is 1.58. The fraction of sp³-hybridized carbons (Fsp3) is 0.278. The van der Waals surface area contributed by atoms with Crippen molar-refractivity contribution in [2.24, 2.45) is 0 Å². The summed E-state index contributed by atoms with van der Waals surface area (Å²) in [6, 6.07) is 11.5. The van der Waals surface area contributed by atoms with Crippen LogP contribution < -0.4 is 5.32 Å². The van der Waals surface area contributed by atoms with Crippen molar-refractivity contribution in [3.8, 4) is 0 Å². The highest BCUT2D eigenvalue weighted by Crippen LogP contribution is 2.15. The molecule has 7 heteroatoms. The molecule has 0 aliphatic rings. The number of nitrogens with zero attached hydrogens (tertiary/aromatic N) is 2. The molecule has 2 heterocycles. The van der Waals surface area contributed by atoms with Crippen molar-refractivity contribution < 1.29 is 9.00 Å². The zero-order valence-corrected chi connectivity index (χ0v) is 15.7. The molecule has 2 aromatic heterocycles. The lowest BCUT2D eigenvalue weighted by Gasteiger charge is -2.12. The molecule has 2 unspecified atom stereocenters. The predicted octanol–water partition coefficient (Wildman–Crippen LogP) is 2.95. The van der Waals surface area contributed by atoms with Crippen LogP contribution in [0.2, 0.25) is 0 Å². The average molecular weight is 374 g/mol. The molecule has 0 fully saturated rings. The molecule has 0 spiro atoms. The van der Waals surface area contributed by atoms with E-state index in [1.807, 2.05) is 48.7 Å². The monoisotopic (exact) mass is 373 g/mol. The molecular formula is C18H19N3O2S2. The van der Waals surface area contributed by atoms with Crippen molar-refractivity contribution in [2.75, 3.05) is 0 Å². The van der Waals surface area contributed by atoms with Crippen LogP contribution in [-0.2, 0) is 27.9 Å². The molecule has 5 nitrogen and oxygen atoms in total. The number of rotatable bonds is 6. The number of para-hydroxylation sites is 2. The quantitative estimate of drug-likeness (QED) is 0.721. The van der Waals surface area contributed by atoms with Crippen LogP contribution in [0.3, 0.4) is 0 Å². The maximum atomic E-state index is 12.6. The molecule has 3 aromatic rings. The van der Waals surface area contributed by atoms with Gasteiger partial charge in [0.05, 0.1) is 34.7 Å². The highest BCUT2D eigenvalue weighted by Gasteiger charge is 2.21. The Balaban J connectivity index is 1.66. The summed E-state index contributed by atoms with van der Waals surface area (Å²) < 4.78 is 12.6. The van der Waals surface area contributed by atoms with Gasteiger partial charge in [0.1, 0.15) is 5.25 Å². The summed E-state index contributed by atoms with van der Waals surface area (Å²) in [5.74, 6) is 0.00944. The third kappa shape index (κ3) is 4.29. The fourth-order valence-corrected chi connectivity index (χ4v) is 4.13. The number of aryl methyl sites for hydroxylation is 1. The smallest absolute Gasteiger partial charge is 0.235 e. The van der Waals surface area contributed by atoms with Crippen LogP contribution in [0.15, 0.2) is 41.8 Å². The summed E-state index contributed by atoms with van der Waals surface area (Å²) in [6.07, 6.45) is 0. The third-order valence-corrected chi connectivity index (χ3v) is 6.34. The van der Waals surface area contributed by atoms with E-state index in [1.165, 1.54) is 0 Å². The Hall–Kier alpha value is -2.12. The molecule has 0 saturated carbocycles. The van der Waals surface area contributed by atoms with Crippen molar-refractivity contribution in [3.05, 3.63) is 58.0 Å². The summed E-state index contributed by atoms with van der Waals surface area (Å²) in [4.78, 5) is 22.4. The van der Waals surface area contributed by atoms with Crippen LogP contribution >= 0.6 is 11.3 Å². The summed E-state index contributed by atoms with van der Waals surface area (Å²) in [5, 5.41) is 4.20. The molecule has 0 aliphatic heterocycles. The Morgan fingerprint density at radius 1 is 1.20 bits per heavy atom. The number of thiophene rings is 1. The van der Waals surface area contributed by atoms with E-state index in [4.69, 9.17) is 0 Å². The first-order chi connectivity index (χ1) is 12.0. The molecule has 0 bridgehead atoms. The molecular weight excluding hydrogens is 354 g/mol. The molecule has 0 radical (unpaired) electrons. The topological polar surface area (TPSA) is 72.0 Å². The van der Waals surface area contributed by atoms with Crippen LogP contribution in [0.5, 0.6) is 0 Å². The number of amides is 1. The Bertz CT molecular complexity index is 910.